The lowest BCUT2D eigenvalue weighted by atomic mass is 9.99. The van der Waals surface area contributed by atoms with Crippen LogP contribution in [-0.4, -0.2) is 9.55 Å². The van der Waals surface area contributed by atoms with Crippen molar-refractivity contribution in [2.75, 3.05) is 0 Å². The lowest BCUT2D eigenvalue weighted by Gasteiger charge is -2.08. The molecule has 47 heavy (non-hydrogen) atoms. The van der Waals surface area contributed by atoms with Crippen LogP contribution in [0, 0.1) is 6.92 Å². The molecule has 0 spiro atoms. The summed E-state index contributed by atoms with van der Waals surface area (Å²) in [4.78, 5) is 3.57. The summed E-state index contributed by atoms with van der Waals surface area (Å²) >= 11 is 0. The zero-order chi connectivity index (χ0) is 31.6. The van der Waals surface area contributed by atoms with Gasteiger partial charge in [0.25, 0.3) is 0 Å². The molecule has 5 aromatic carbocycles. The largest absolute Gasteiger partial charge is 0.355 e. The number of aryl methyl sites for hydroxylation is 1. The van der Waals surface area contributed by atoms with Gasteiger partial charge >= 0.3 is 0 Å². The maximum absolute atomic E-state index is 3.57. The van der Waals surface area contributed by atoms with E-state index >= 15 is 0 Å². The van der Waals surface area contributed by atoms with Crippen molar-refractivity contribution in [3.05, 3.63) is 185 Å². The van der Waals surface area contributed by atoms with Crippen LogP contribution >= 0.6 is 0 Å². The van der Waals surface area contributed by atoms with E-state index in [-0.39, 0.29) is 0 Å². The van der Waals surface area contributed by atoms with Crippen LogP contribution in [0.25, 0.3) is 61.7 Å². The zero-order valence-corrected chi connectivity index (χ0v) is 26.5. The van der Waals surface area contributed by atoms with Crippen molar-refractivity contribution in [2.24, 2.45) is 0 Å². The Balaban J connectivity index is 0.000000413. The van der Waals surface area contributed by atoms with Gasteiger partial charge < -0.3 is 9.55 Å². The molecule has 2 aliphatic rings. The molecule has 2 aromatic heterocycles. The van der Waals surface area contributed by atoms with Crippen LogP contribution in [0.3, 0.4) is 0 Å². The fourth-order valence-electron chi connectivity index (χ4n) is 6.81. The average Bonchev–Trinajstić information content (AvgIpc) is 3.35. The van der Waals surface area contributed by atoms with Crippen LogP contribution in [0.1, 0.15) is 29.5 Å². The summed E-state index contributed by atoms with van der Waals surface area (Å²) < 4.78 is 2.42. The minimum absolute atomic E-state index is 0.876. The molecule has 1 N–H and O–H groups in total. The molecule has 0 saturated heterocycles. The van der Waals surface area contributed by atoms with Crippen molar-refractivity contribution < 1.29 is 0 Å². The van der Waals surface area contributed by atoms with Gasteiger partial charge in [0.05, 0.1) is 10.9 Å². The number of para-hydroxylation sites is 2. The molecule has 0 saturated carbocycles. The van der Waals surface area contributed by atoms with Gasteiger partial charge in [0, 0.05) is 38.1 Å². The number of aromatic nitrogens is 2. The molecule has 0 amide bonds. The topological polar surface area (TPSA) is 20.7 Å². The van der Waals surface area contributed by atoms with E-state index in [1.54, 1.807) is 0 Å². The smallest absolute Gasteiger partial charge is 0.0541 e. The van der Waals surface area contributed by atoms with Crippen LogP contribution < -0.4 is 10.6 Å². The van der Waals surface area contributed by atoms with Crippen LogP contribution in [0.5, 0.6) is 0 Å². The molecule has 0 radical (unpaired) electrons. The highest BCUT2D eigenvalue weighted by atomic mass is 15.0. The van der Waals surface area contributed by atoms with E-state index in [2.05, 4.69) is 168 Å². The van der Waals surface area contributed by atoms with Gasteiger partial charge in [-0.1, -0.05) is 127 Å². The molecule has 2 aliphatic carbocycles. The Morgan fingerprint density at radius 2 is 1.36 bits per heavy atom. The summed E-state index contributed by atoms with van der Waals surface area (Å²) in [5.41, 5.74) is 11.2. The Bertz CT molecular complexity index is 2500. The molecular weight excluding hydrogens is 569 g/mol. The number of allylic oxidation sites excluding steroid dienone is 8. The van der Waals surface area contributed by atoms with E-state index in [1.807, 2.05) is 18.2 Å². The van der Waals surface area contributed by atoms with E-state index in [4.69, 9.17) is 0 Å². The summed E-state index contributed by atoms with van der Waals surface area (Å²) in [5.74, 6) is 0. The van der Waals surface area contributed by atoms with Gasteiger partial charge in [-0.15, -0.1) is 0 Å². The number of rotatable bonds is 3. The third-order valence-corrected chi connectivity index (χ3v) is 9.15. The van der Waals surface area contributed by atoms with Gasteiger partial charge in [0.2, 0.25) is 0 Å². The standard InChI is InChI=1S/C38H28N2.C7H8/c1-2-5-12-26(11-4-1)28-20-22-38-34(25-28)33-24-27(13-10-18-37(33)40(38)30-14-6-3-7-15-30)29-19-21-36-32(23-29)31-16-8-9-17-35(31)39-36;1-7-5-3-2-4-6-7/h1-9,11,13-25,39H,10,12H2;2-6H,1H3. The summed E-state index contributed by atoms with van der Waals surface area (Å²) in [6.07, 6.45) is 19.8. The van der Waals surface area contributed by atoms with Crippen LogP contribution in [0.2, 0.25) is 0 Å². The number of H-pyrrole nitrogens is 1. The van der Waals surface area contributed by atoms with Crippen molar-refractivity contribution in [1.82, 2.24) is 9.55 Å². The minimum Gasteiger partial charge on any atom is -0.355 e. The third-order valence-electron chi connectivity index (χ3n) is 9.15. The van der Waals surface area contributed by atoms with Crippen LogP contribution in [-0.2, 0) is 0 Å². The highest BCUT2D eigenvalue weighted by Crippen LogP contribution is 2.30. The van der Waals surface area contributed by atoms with Crippen molar-refractivity contribution in [1.29, 1.82) is 0 Å². The second-order valence-electron chi connectivity index (χ2n) is 12.2. The fourth-order valence-corrected chi connectivity index (χ4v) is 6.81. The van der Waals surface area contributed by atoms with Crippen molar-refractivity contribution in [2.45, 2.75) is 19.8 Å². The number of hydrogen-bond acceptors (Lipinski definition) is 0. The van der Waals surface area contributed by atoms with Gasteiger partial charge in [-0.25, -0.2) is 0 Å². The molecule has 0 unspecified atom stereocenters. The van der Waals surface area contributed by atoms with E-state index in [9.17, 15) is 0 Å². The molecule has 2 heteroatoms. The number of aromatic amines is 1. The second-order valence-corrected chi connectivity index (χ2v) is 12.2. The highest BCUT2D eigenvalue weighted by molar-refractivity contribution is 6.09. The van der Waals surface area contributed by atoms with E-state index in [1.165, 1.54) is 76.8 Å². The monoisotopic (exact) mass is 604 g/mol. The average molecular weight is 605 g/mol. The number of nitrogens with one attached hydrogen (secondary N) is 1. The van der Waals surface area contributed by atoms with E-state index < -0.39 is 0 Å². The normalized spacial score (nSPS) is 13.9. The van der Waals surface area contributed by atoms with Gasteiger partial charge in [-0.3, -0.25) is 0 Å². The number of benzene rings is 5. The first kappa shape index (κ1) is 28.6. The Labute approximate surface area is 275 Å². The Morgan fingerprint density at radius 1 is 0.617 bits per heavy atom. The second kappa shape index (κ2) is 12.5. The van der Waals surface area contributed by atoms with Crippen molar-refractivity contribution in [3.63, 3.8) is 0 Å². The molecule has 0 fully saturated rings. The highest BCUT2D eigenvalue weighted by Gasteiger charge is 2.14. The first-order valence-electron chi connectivity index (χ1n) is 16.4. The quantitative estimate of drug-likeness (QED) is 0.207. The first-order chi connectivity index (χ1) is 23.2. The summed E-state index contributed by atoms with van der Waals surface area (Å²) in [6.45, 7) is 2.08. The molecular formula is C45H36N2. The molecule has 9 rings (SSSR count). The molecule has 2 nitrogen and oxygen atoms in total. The minimum atomic E-state index is 0.876. The van der Waals surface area contributed by atoms with Crippen molar-refractivity contribution in [3.8, 4) is 5.69 Å². The molecule has 0 atom stereocenters. The van der Waals surface area contributed by atoms with E-state index in [0.717, 1.165) is 12.8 Å². The Hall–Kier alpha value is -5.86. The summed E-state index contributed by atoms with van der Waals surface area (Å²) in [5, 5.41) is 6.36. The van der Waals surface area contributed by atoms with Crippen LogP contribution in [0.15, 0.2) is 158 Å². The maximum Gasteiger partial charge on any atom is 0.0541 e. The lowest BCUT2D eigenvalue weighted by molar-refractivity contribution is 1.06. The molecule has 0 aliphatic heterocycles. The van der Waals surface area contributed by atoms with Crippen molar-refractivity contribution >= 4 is 56.0 Å². The Kier molecular flexibility index (Phi) is 7.61. The Morgan fingerprint density at radius 3 is 2.19 bits per heavy atom. The molecule has 0 bridgehead atoms. The SMILES string of the molecule is C1=CC=C(c2ccc3c(c2)c2c(n3-c3ccccc3)=CCC=C(c3ccc4[nH]c5ccccc5c4c3)C=2)CC=C1.Cc1ccccc1. The van der Waals surface area contributed by atoms with Crippen LogP contribution in [0.4, 0.5) is 0 Å². The van der Waals surface area contributed by atoms with E-state index in [0.29, 0.717) is 0 Å². The predicted octanol–water partition coefficient (Wildman–Crippen LogP) is 10.2. The predicted molar refractivity (Wildman–Crippen MR) is 202 cm³/mol. The fraction of sp³-hybridized carbons (Fsp3) is 0.0667. The maximum atomic E-state index is 3.57. The van der Waals surface area contributed by atoms with Gasteiger partial charge in [-0.2, -0.15) is 0 Å². The number of fused-ring (bicyclic) bond motifs is 6. The molecule has 2 heterocycles. The number of nitrogens with zero attached hydrogens (tertiary/aromatic N) is 1. The molecule has 7 aromatic rings. The summed E-state index contributed by atoms with van der Waals surface area (Å²) in [6, 6.07) is 43.4. The molecule has 226 valence electrons. The first-order valence-corrected chi connectivity index (χ1v) is 16.4. The number of hydrogen-bond donors (Lipinski definition) is 1. The lowest BCUT2D eigenvalue weighted by Crippen LogP contribution is -2.28. The zero-order valence-electron chi connectivity index (χ0n) is 26.5. The third kappa shape index (κ3) is 5.60. The van der Waals surface area contributed by atoms with Gasteiger partial charge in [0.15, 0.2) is 0 Å². The van der Waals surface area contributed by atoms with Gasteiger partial charge in [0.1, 0.15) is 0 Å². The summed E-state index contributed by atoms with van der Waals surface area (Å²) in [7, 11) is 0. The van der Waals surface area contributed by atoms with Gasteiger partial charge in [-0.05, 0) is 90.6 Å².